The molecule has 1 aromatic heterocycles. The number of aromatic nitrogens is 3. The third-order valence-corrected chi connectivity index (χ3v) is 5.61. The summed E-state index contributed by atoms with van der Waals surface area (Å²) >= 11 is 4.60. The van der Waals surface area contributed by atoms with E-state index in [0.717, 1.165) is 23.8 Å². The Hall–Kier alpha value is -1.41. The molecular formula is C15H17BrN4O2S. The highest BCUT2D eigenvalue weighted by molar-refractivity contribution is 9.10. The molecule has 0 N–H and O–H groups in total. The average molecular weight is 397 g/mol. The molecular weight excluding hydrogens is 380 g/mol. The second kappa shape index (κ2) is 7.00. The molecule has 0 amide bonds. The van der Waals surface area contributed by atoms with Gasteiger partial charge >= 0.3 is 0 Å². The van der Waals surface area contributed by atoms with Crippen molar-refractivity contribution >= 4 is 33.4 Å². The predicted octanol–water partition coefficient (Wildman–Crippen LogP) is 4.91. The molecule has 0 atom stereocenters. The van der Waals surface area contributed by atoms with Gasteiger partial charge in [0.15, 0.2) is 5.16 Å². The monoisotopic (exact) mass is 396 g/mol. The molecule has 0 saturated heterocycles. The molecule has 0 bridgehead atoms. The first kappa shape index (κ1) is 16.4. The molecule has 6 nitrogen and oxygen atoms in total. The summed E-state index contributed by atoms with van der Waals surface area (Å²) in [5.41, 5.74) is 0.0835. The fourth-order valence-corrected chi connectivity index (χ4v) is 4.38. The lowest BCUT2D eigenvalue weighted by molar-refractivity contribution is -0.387. The van der Waals surface area contributed by atoms with E-state index in [1.54, 1.807) is 6.07 Å². The van der Waals surface area contributed by atoms with Crippen LogP contribution in [0.15, 0.2) is 32.7 Å². The average Bonchev–Trinajstić information content (AvgIpc) is 2.90. The van der Waals surface area contributed by atoms with Gasteiger partial charge in [-0.2, -0.15) is 0 Å². The minimum Gasteiger partial charge on any atom is -0.303 e. The Balaban J connectivity index is 1.93. The zero-order valence-corrected chi connectivity index (χ0v) is 15.1. The summed E-state index contributed by atoms with van der Waals surface area (Å²) in [7, 11) is 0. The Kier molecular flexibility index (Phi) is 5.01. The molecule has 8 heteroatoms. The molecule has 0 radical (unpaired) electrons. The van der Waals surface area contributed by atoms with Gasteiger partial charge in [-0.25, -0.2) is 0 Å². The Morgan fingerprint density at radius 2 is 2.04 bits per heavy atom. The molecule has 23 heavy (non-hydrogen) atoms. The molecule has 1 aliphatic rings. The van der Waals surface area contributed by atoms with Crippen molar-refractivity contribution in [2.75, 3.05) is 0 Å². The van der Waals surface area contributed by atoms with Gasteiger partial charge in [-0.1, -0.05) is 35.2 Å². The van der Waals surface area contributed by atoms with Crippen LogP contribution in [0.5, 0.6) is 0 Å². The van der Waals surface area contributed by atoms with E-state index in [0.29, 0.717) is 15.4 Å². The highest BCUT2D eigenvalue weighted by Crippen LogP contribution is 2.38. The molecule has 1 saturated carbocycles. The molecule has 1 aromatic carbocycles. The minimum absolute atomic E-state index is 0.0835. The number of hydrogen-bond acceptors (Lipinski definition) is 5. The van der Waals surface area contributed by atoms with Crippen LogP contribution in [0.4, 0.5) is 5.69 Å². The molecule has 2 aromatic rings. The third-order valence-electron chi connectivity index (χ3n) is 4.09. The standard InChI is InChI=1S/C15H17BrN4O2S/c1-10-17-18-15(19(10)12-5-3-2-4-6-12)23-14-8-7-11(16)9-13(14)20(21)22/h7-9,12H,2-6H2,1H3. The summed E-state index contributed by atoms with van der Waals surface area (Å²) in [4.78, 5) is 11.5. The van der Waals surface area contributed by atoms with Gasteiger partial charge < -0.3 is 4.57 Å². The maximum absolute atomic E-state index is 11.3. The van der Waals surface area contributed by atoms with Crippen molar-refractivity contribution in [1.82, 2.24) is 14.8 Å². The molecule has 122 valence electrons. The number of halogens is 1. The van der Waals surface area contributed by atoms with Gasteiger partial charge in [0.25, 0.3) is 5.69 Å². The van der Waals surface area contributed by atoms with Crippen LogP contribution in [0.2, 0.25) is 0 Å². The maximum atomic E-state index is 11.3. The zero-order valence-electron chi connectivity index (χ0n) is 12.7. The summed E-state index contributed by atoms with van der Waals surface area (Å²) in [5.74, 6) is 0.874. The molecule has 1 fully saturated rings. The van der Waals surface area contributed by atoms with Crippen molar-refractivity contribution in [3.05, 3.63) is 38.6 Å². The maximum Gasteiger partial charge on any atom is 0.284 e. The highest BCUT2D eigenvalue weighted by Gasteiger charge is 2.24. The lowest BCUT2D eigenvalue weighted by atomic mass is 9.95. The second-order valence-electron chi connectivity index (χ2n) is 5.66. The van der Waals surface area contributed by atoms with Crippen molar-refractivity contribution in [1.29, 1.82) is 0 Å². The van der Waals surface area contributed by atoms with E-state index in [1.165, 1.54) is 37.1 Å². The summed E-state index contributed by atoms with van der Waals surface area (Å²) in [6.07, 6.45) is 5.94. The third kappa shape index (κ3) is 3.58. The lowest BCUT2D eigenvalue weighted by Gasteiger charge is -2.24. The van der Waals surface area contributed by atoms with E-state index in [9.17, 15) is 10.1 Å². The van der Waals surface area contributed by atoms with Crippen LogP contribution >= 0.6 is 27.7 Å². The van der Waals surface area contributed by atoms with Gasteiger partial charge in [-0.05, 0) is 43.7 Å². The van der Waals surface area contributed by atoms with E-state index < -0.39 is 0 Å². The van der Waals surface area contributed by atoms with Crippen LogP contribution in [0, 0.1) is 17.0 Å². The first-order valence-electron chi connectivity index (χ1n) is 7.59. The Morgan fingerprint density at radius 3 is 2.74 bits per heavy atom. The van der Waals surface area contributed by atoms with Gasteiger partial charge in [0.2, 0.25) is 0 Å². The lowest BCUT2D eigenvalue weighted by Crippen LogP contribution is -2.15. The summed E-state index contributed by atoms with van der Waals surface area (Å²) in [5, 5.41) is 20.5. The number of hydrogen-bond donors (Lipinski definition) is 0. The molecule has 3 rings (SSSR count). The van der Waals surface area contributed by atoms with Crippen molar-refractivity contribution < 1.29 is 4.92 Å². The van der Waals surface area contributed by atoms with Crippen molar-refractivity contribution in [2.24, 2.45) is 0 Å². The number of nitro benzene ring substituents is 1. The van der Waals surface area contributed by atoms with Crippen LogP contribution in [-0.2, 0) is 0 Å². The SMILES string of the molecule is Cc1nnc(Sc2ccc(Br)cc2[N+](=O)[O-])n1C1CCCCC1. The van der Waals surface area contributed by atoms with Crippen LogP contribution in [0.1, 0.15) is 44.0 Å². The topological polar surface area (TPSA) is 73.8 Å². The molecule has 1 heterocycles. The Bertz CT molecular complexity index is 728. The first-order chi connectivity index (χ1) is 11.1. The quantitative estimate of drug-likeness (QED) is 0.541. The smallest absolute Gasteiger partial charge is 0.284 e. The Morgan fingerprint density at radius 1 is 1.30 bits per heavy atom. The normalized spacial score (nSPS) is 15.7. The van der Waals surface area contributed by atoms with E-state index in [4.69, 9.17) is 0 Å². The molecule has 1 aliphatic carbocycles. The number of benzene rings is 1. The summed E-state index contributed by atoms with van der Waals surface area (Å²) in [6.45, 7) is 1.95. The van der Waals surface area contributed by atoms with Crippen LogP contribution < -0.4 is 0 Å². The van der Waals surface area contributed by atoms with Gasteiger partial charge in [0.1, 0.15) is 5.82 Å². The summed E-state index contributed by atoms with van der Waals surface area (Å²) < 4.78 is 2.84. The fourth-order valence-electron chi connectivity index (χ4n) is 3.00. The Labute approximate surface area is 147 Å². The number of rotatable bonds is 4. The number of nitrogens with zero attached hydrogens (tertiary/aromatic N) is 4. The number of aryl methyl sites for hydroxylation is 1. The van der Waals surface area contributed by atoms with Crippen LogP contribution in [0.25, 0.3) is 0 Å². The van der Waals surface area contributed by atoms with E-state index in [2.05, 4.69) is 30.7 Å². The van der Waals surface area contributed by atoms with E-state index in [-0.39, 0.29) is 10.6 Å². The van der Waals surface area contributed by atoms with Gasteiger partial charge in [-0.15, -0.1) is 10.2 Å². The molecule has 0 aliphatic heterocycles. The van der Waals surface area contributed by atoms with Gasteiger partial charge in [0.05, 0.1) is 9.82 Å². The second-order valence-corrected chi connectivity index (χ2v) is 7.59. The highest BCUT2D eigenvalue weighted by atomic mass is 79.9. The van der Waals surface area contributed by atoms with E-state index >= 15 is 0 Å². The van der Waals surface area contributed by atoms with Crippen molar-refractivity contribution in [3.8, 4) is 0 Å². The molecule has 0 unspecified atom stereocenters. The minimum atomic E-state index is -0.360. The van der Waals surface area contributed by atoms with Crippen LogP contribution in [-0.4, -0.2) is 19.7 Å². The summed E-state index contributed by atoms with van der Waals surface area (Å²) in [6, 6.07) is 5.48. The molecule has 0 spiro atoms. The van der Waals surface area contributed by atoms with Crippen molar-refractivity contribution in [3.63, 3.8) is 0 Å². The van der Waals surface area contributed by atoms with E-state index in [1.807, 2.05) is 13.0 Å². The van der Waals surface area contributed by atoms with Crippen LogP contribution in [0.3, 0.4) is 0 Å². The zero-order chi connectivity index (χ0) is 16.4. The predicted molar refractivity (Wildman–Crippen MR) is 91.8 cm³/mol. The van der Waals surface area contributed by atoms with Crippen molar-refractivity contribution in [2.45, 2.75) is 55.1 Å². The fraction of sp³-hybridized carbons (Fsp3) is 0.467. The van der Waals surface area contributed by atoms with Gasteiger partial charge in [0, 0.05) is 16.6 Å². The first-order valence-corrected chi connectivity index (χ1v) is 9.20. The van der Waals surface area contributed by atoms with Gasteiger partial charge in [-0.3, -0.25) is 10.1 Å². The largest absolute Gasteiger partial charge is 0.303 e. The number of nitro groups is 1.